The Morgan fingerprint density at radius 1 is 1.08 bits per heavy atom. The molecule has 1 spiro atoms. The van der Waals surface area contributed by atoms with E-state index in [1.165, 1.54) is 56.5 Å². The van der Waals surface area contributed by atoms with Crippen LogP contribution in [0.15, 0.2) is 30.8 Å². The SMILES string of the molecule is C=C1c2ccccc2C2(CCN(CCC(C)(C)C)CC2)CC1(C)C. The van der Waals surface area contributed by atoms with Crippen LogP contribution in [0, 0.1) is 10.8 Å². The lowest BCUT2D eigenvalue weighted by Gasteiger charge is -2.51. The minimum Gasteiger partial charge on any atom is -0.303 e. The molecule has 0 saturated carbocycles. The van der Waals surface area contributed by atoms with Gasteiger partial charge >= 0.3 is 0 Å². The van der Waals surface area contributed by atoms with E-state index >= 15 is 0 Å². The molecule has 1 heteroatoms. The Labute approximate surface area is 149 Å². The van der Waals surface area contributed by atoms with Gasteiger partial charge in [0.15, 0.2) is 0 Å². The van der Waals surface area contributed by atoms with Crippen molar-refractivity contribution in [1.29, 1.82) is 0 Å². The average Bonchev–Trinajstić information content (AvgIpc) is 2.51. The highest BCUT2D eigenvalue weighted by Gasteiger charge is 2.46. The molecule has 1 aliphatic heterocycles. The third kappa shape index (κ3) is 3.33. The van der Waals surface area contributed by atoms with Crippen LogP contribution in [-0.4, -0.2) is 24.5 Å². The standard InChI is InChI=1S/C23H35N/c1-18-19-9-7-8-10-20(19)23(17-22(18,5)6)12-15-24(16-13-23)14-11-21(2,3)4/h7-10H,1,11-17H2,2-6H3. The van der Waals surface area contributed by atoms with E-state index in [9.17, 15) is 0 Å². The molecule has 0 atom stereocenters. The van der Waals surface area contributed by atoms with Crippen molar-refractivity contribution in [3.05, 3.63) is 42.0 Å². The van der Waals surface area contributed by atoms with Gasteiger partial charge in [0.2, 0.25) is 0 Å². The van der Waals surface area contributed by atoms with Crippen LogP contribution in [0.2, 0.25) is 0 Å². The summed E-state index contributed by atoms with van der Waals surface area (Å²) in [6.07, 6.45) is 5.14. The predicted molar refractivity (Wildman–Crippen MR) is 105 cm³/mol. The zero-order chi connectivity index (χ0) is 17.6. The molecule has 0 radical (unpaired) electrons. The van der Waals surface area contributed by atoms with Crippen LogP contribution in [0.5, 0.6) is 0 Å². The van der Waals surface area contributed by atoms with Crippen LogP contribution in [0.4, 0.5) is 0 Å². The highest BCUT2D eigenvalue weighted by molar-refractivity contribution is 5.74. The van der Waals surface area contributed by atoms with Crippen LogP contribution in [0.3, 0.4) is 0 Å². The van der Waals surface area contributed by atoms with Gasteiger partial charge in [-0.05, 0) is 78.3 Å². The maximum atomic E-state index is 4.45. The Balaban J connectivity index is 1.80. The van der Waals surface area contributed by atoms with E-state index < -0.39 is 0 Å². The van der Waals surface area contributed by atoms with Gasteiger partial charge in [0.1, 0.15) is 0 Å². The molecule has 1 fully saturated rings. The van der Waals surface area contributed by atoms with Gasteiger partial charge in [-0.15, -0.1) is 0 Å². The lowest BCUT2D eigenvalue weighted by Crippen LogP contribution is -2.47. The highest BCUT2D eigenvalue weighted by Crippen LogP contribution is 2.55. The van der Waals surface area contributed by atoms with Crippen molar-refractivity contribution < 1.29 is 0 Å². The zero-order valence-electron chi connectivity index (χ0n) is 16.4. The van der Waals surface area contributed by atoms with Gasteiger partial charge in [0, 0.05) is 0 Å². The second-order valence-electron chi connectivity index (χ2n) is 10.0. The number of fused-ring (bicyclic) bond motifs is 2. The van der Waals surface area contributed by atoms with Crippen molar-refractivity contribution >= 4 is 5.57 Å². The quantitative estimate of drug-likeness (QED) is 0.654. The molecule has 2 aliphatic rings. The van der Waals surface area contributed by atoms with Crippen LogP contribution in [-0.2, 0) is 5.41 Å². The van der Waals surface area contributed by atoms with Crippen LogP contribution in [0.1, 0.15) is 71.4 Å². The number of hydrogen-bond donors (Lipinski definition) is 0. The van der Waals surface area contributed by atoms with Crippen molar-refractivity contribution in [3.8, 4) is 0 Å². The van der Waals surface area contributed by atoms with Crippen LogP contribution in [0.25, 0.3) is 5.57 Å². The Morgan fingerprint density at radius 3 is 2.33 bits per heavy atom. The van der Waals surface area contributed by atoms with Gasteiger partial charge in [-0.25, -0.2) is 0 Å². The van der Waals surface area contributed by atoms with Crippen LogP contribution >= 0.6 is 0 Å². The van der Waals surface area contributed by atoms with E-state index in [4.69, 9.17) is 0 Å². The molecule has 1 aromatic carbocycles. The smallest absolute Gasteiger partial charge is 0.000841 e. The molecule has 1 heterocycles. The second-order valence-corrected chi connectivity index (χ2v) is 10.0. The largest absolute Gasteiger partial charge is 0.303 e. The molecule has 0 unspecified atom stereocenters. The summed E-state index contributed by atoms with van der Waals surface area (Å²) < 4.78 is 0. The molecule has 0 amide bonds. The molecule has 3 rings (SSSR count). The Kier molecular flexibility index (Phi) is 4.45. The Hall–Kier alpha value is -1.08. The molecule has 0 N–H and O–H groups in total. The van der Waals surface area contributed by atoms with Crippen molar-refractivity contribution in [2.24, 2.45) is 10.8 Å². The highest BCUT2D eigenvalue weighted by atomic mass is 15.1. The van der Waals surface area contributed by atoms with E-state index in [2.05, 4.69) is 70.4 Å². The fraction of sp³-hybridized carbons (Fsp3) is 0.652. The summed E-state index contributed by atoms with van der Waals surface area (Å²) >= 11 is 0. The third-order valence-electron chi connectivity index (χ3n) is 6.41. The normalized spacial score (nSPS) is 23.3. The summed E-state index contributed by atoms with van der Waals surface area (Å²) in [7, 11) is 0. The fourth-order valence-electron chi connectivity index (χ4n) is 4.77. The molecule has 24 heavy (non-hydrogen) atoms. The van der Waals surface area contributed by atoms with Crippen molar-refractivity contribution in [1.82, 2.24) is 4.90 Å². The summed E-state index contributed by atoms with van der Waals surface area (Å²) in [5.74, 6) is 0. The second kappa shape index (κ2) is 6.02. The summed E-state index contributed by atoms with van der Waals surface area (Å²) in [6.45, 7) is 20.0. The first-order chi connectivity index (χ1) is 11.1. The molecule has 1 aromatic rings. The molecule has 1 aliphatic carbocycles. The lowest BCUT2D eigenvalue weighted by molar-refractivity contribution is 0.116. The zero-order valence-corrected chi connectivity index (χ0v) is 16.4. The maximum Gasteiger partial charge on any atom is -0.000841 e. The molecular formula is C23H35N. The average molecular weight is 326 g/mol. The number of hydrogen-bond acceptors (Lipinski definition) is 1. The third-order valence-corrected chi connectivity index (χ3v) is 6.41. The van der Waals surface area contributed by atoms with E-state index in [0.717, 1.165) is 0 Å². The van der Waals surface area contributed by atoms with Crippen LogP contribution < -0.4 is 0 Å². The number of likely N-dealkylation sites (tertiary alicyclic amines) is 1. The number of benzene rings is 1. The molecule has 0 aromatic heterocycles. The minimum atomic E-state index is 0.210. The van der Waals surface area contributed by atoms with Gasteiger partial charge in [-0.1, -0.05) is 65.5 Å². The van der Waals surface area contributed by atoms with Gasteiger partial charge < -0.3 is 4.90 Å². The molecule has 0 bridgehead atoms. The van der Waals surface area contributed by atoms with E-state index in [1.54, 1.807) is 5.56 Å². The van der Waals surface area contributed by atoms with Gasteiger partial charge in [-0.2, -0.15) is 0 Å². The lowest BCUT2D eigenvalue weighted by atomic mass is 9.56. The maximum absolute atomic E-state index is 4.45. The van der Waals surface area contributed by atoms with E-state index in [-0.39, 0.29) is 5.41 Å². The van der Waals surface area contributed by atoms with Crippen molar-refractivity contribution in [3.63, 3.8) is 0 Å². The van der Waals surface area contributed by atoms with E-state index in [0.29, 0.717) is 10.8 Å². The first-order valence-electron chi connectivity index (χ1n) is 9.65. The Bertz CT molecular complexity index is 609. The monoisotopic (exact) mass is 325 g/mol. The van der Waals surface area contributed by atoms with Crippen molar-refractivity contribution in [2.45, 2.75) is 65.7 Å². The fourth-order valence-corrected chi connectivity index (χ4v) is 4.77. The molecule has 132 valence electrons. The van der Waals surface area contributed by atoms with Gasteiger partial charge in [0.25, 0.3) is 0 Å². The molecule has 1 saturated heterocycles. The summed E-state index contributed by atoms with van der Waals surface area (Å²) in [5.41, 5.74) is 5.34. The van der Waals surface area contributed by atoms with Gasteiger partial charge in [0.05, 0.1) is 0 Å². The predicted octanol–water partition coefficient (Wildman–Crippen LogP) is 5.90. The Morgan fingerprint density at radius 2 is 1.71 bits per heavy atom. The number of allylic oxidation sites excluding steroid dienone is 1. The number of nitrogens with zero attached hydrogens (tertiary/aromatic N) is 1. The van der Waals surface area contributed by atoms with Crippen molar-refractivity contribution in [2.75, 3.05) is 19.6 Å². The summed E-state index contributed by atoms with van der Waals surface area (Å²) in [4.78, 5) is 2.69. The molecule has 1 nitrogen and oxygen atoms in total. The van der Waals surface area contributed by atoms with Gasteiger partial charge in [-0.3, -0.25) is 0 Å². The first kappa shape index (κ1) is 17.7. The first-order valence-corrected chi connectivity index (χ1v) is 9.65. The number of rotatable bonds is 2. The topological polar surface area (TPSA) is 3.24 Å². The summed E-state index contributed by atoms with van der Waals surface area (Å²) in [6, 6.07) is 9.07. The minimum absolute atomic E-state index is 0.210. The molecular weight excluding hydrogens is 290 g/mol. The summed E-state index contributed by atoms with van der Waals surface area (Å²) in [5, 5.41) is 0. The number of piperidine rings is 1. The van der Waals surface area contributed by atoms with E-state index in [1.807, 2.05) is 0 Å².